The van der Waals surface area contributed by atoms with E-state index in [1.165, 1.54) is 12.8 Å². The van der Waals surface area contributed by atoms with Crippen LogP contribution in [0.2, 0.25) is 0 Å². The summed E-state index contributed by atoms with van der Waals surface area (Å²) in [7, 11) is 0. The maximum Gasteiger partial charge on any atom is 0.140 e. The van der Waals surface area contributed by atoms with E-state index in [2.05, 4.69) is 48.0 Å². The number of rotatable bonds is 4. The summed E-state index contributed by atoms with van der Waals surface area (Å²) in [5.74, 6) is 1.72. The molecule has 1 saturated carbocycles. The van der Waals surface area contributed by atoms with Crippen molar-refractivity contribution in [2.75, 3.05) is 13.1 Å². The zero-order valence-corrected chi connectivity index (χ0v) is 12.8. The van der Waals surface area contributed by atoms with E-state index < -0.39 is 0 Å². The van der Waals surface area contributed by atoms with Crippen LogP contribution < -0.4 is 0 Å². The van der Waals surface area contributed by atoms with E-state index >= 15 is 0 Å². The lowest BCUT2D eigenvalue weighted by Crippen LogP contribution is -2.21. The van der Waals surface area contributed by atoms with E-state index in [1.807, 2.05) is 6.20 Å². The van der Waals surface area contributed by atoms with Gasteiger partial charge in [0.15, 0.2) is 0 Å². The second-order valence-electron chi connectivity index (χ2n) is 5.81. The van der Waals surface area contributed by atoms with E-state index in [1.54, 1.807) is 0 Å². The first kappa shape index (κ1) is 12.6. The van der Waals surface area contributed by atoms with E-state index in [0.717, 1.165) is 42.0 Å². The van der Waals surface area contributed by atoms with Gasteiger partial charge in [0.25, 0.3) is 0 Å². The fourth-order valence-electron chi connectivity index (χ4n) is 2.88. The van der Waals surface area contributed by atoms with Crippen molar-refractivity contribution in [2.45, 2.75) is 37.8 Å². The summed E-state index contributed by atoms with van der Waals surface area (Å²) >= 11 is 3.45. The minimum Gasteiger partial charge on any atom is -0.361 e. The molecule has 0 radical (unpaired) electrons. The largest absolute Gasteiger partial charge is 0.361 e. The van der Waals surface area contributed by atoms with Gasteiger partial charge in [-0.15, -0.1) is 0 Å². The molecule has 6 heteroatoms. The summed E-state index contributed by atoms with van der Waals surface area (Å²) in [5.41, 5.74) is 1.06. The van der Waals surface area contributed by atoms with Crippen LogP contribution >= 0.6 is 15.9 Å². The molecule has 1 aliphatic carbocycles. The number of aromatic nitrogens is 3. The molecule has 0 spiro atoms. The second-order valence-corrected chi connectivity index (χ2v) is 6.73. The number of hydrogen-bond acceptors (Lipinski definition) is 4. The van der Waals surface area contributed by atoms with Crippen LogP contribution in [-0.4, -0.2) is 32.9 Å². The average molecular weight is 337 g/mol. The first-order valence-electron chi connectivity index (χ1n) is 7.15. The Morgan fingerprint density at radius 3 is 3.00 bits per heavy atom. The van der Waals surface area contributed by atoms with E-state index in [4.69, 9.17) is 4.52 Å². The third kappa shape index (κ3) is 2.54. The highest BCUT2D eigenvalue weighted by atomic mass is 79.9. The van der Waals surface area contributed by atoms with Crippen molar-refractivity contribution in [1.82, 2.24) is 19.8 Å². The van der Waals surface area contributed by atoms with Crippen LogP contribution in [0.4, 0.5) is 0 Å². The third-order valence-electron chi connectivity index (χ3n) is 4.13. The maximum atomic E-state index is 5.41. The molecule has 20 heavy (non-hydrogen) atoms. The Hall–Kier alpha value is -1.14. The van der Waals surface area contributed by atoms with Gasteiger partial charge in [0.05, 0.1) is 22.4 Å². The zero-order valence-electron chi connectivity index (χ0n) is 11.2. The second kappa shape index (κ2) is 5.00. The minimum atomic E-state index is 0.469. The summed E-state index contributed by atoms with van der Waals surface area (Å²) < 4.78 is 8.51. The van der Waals surface area contributed by atoms with Gasteiger partial charge in [-0.1, -0.05) is 5.16 Å². The molecule has 4 rings (SSSR count). The molecule has 2 fully saturated rings. The predicted octanol–water partition coefficient (Wildman–Crippen LogP) is 2.96. The van der Waals surface area contributed by atoms with E-state index in [0.29, 0.717) is 12.0 Å². The van der Waals surface area contributed by atoms with Gasteiger partial charge in [-0.2, -0.15) is 5.10 Å². The molecule has 2 aromatic heterocycles. The van der Waals surface area contributed by atoms with Gasteiger partial charge in [0, 0.05) is 37.8 Å². The highest BCUT2D eigenvalue weighted by Crippen LogP contribution is 2.40. The molecule has 0 amide bonds. The maximum absolute atomic E-state index is 5.41. The lowest BCUT2D eigenvalue weighted by atomic mass is 10.3. The monoisotopic (exact) mass is 336 g/mol. The van der Waals surface area contributed by atoms with E-state index in [9.17, 15) is 0 Å². The number of nitrogens with zero attached hydrogens (tertiary/aromatic N) is 4. The van der Waals surface area contributed by atoms with Crippen molar-refractivity contribution in [3.05, 3.63) is 34.4 Å². The van der Waals surface area contributed by atoms with Crippen LogP contribution in [0, 0.1) is 0 Å². The Bertz CT molecular complexity index is 604. The Balaban J connectivity index is 1.38. The third-order valence-corrected chi connectivity index (χ3v) is 4.54. The van der Waals surface area contributed by atoms with Crippen molar-refractivity contribution in [2.24, 2.45) is 0 Å². The average Bonchev–Trinajstić information content (AvgIpc) is 2.86. The molecule has 1 aliphatic heterocycles. The Morgan fingerprint density at radius 1 is 1.35 bits per heavy atom. The summed E-state index contributed by atoms with van der Waals surface area (Å²) in [6.45, 7) is 3.00. The van der Waals surface area contributed by atoms with Crippen LogP contribution in [0.15, 0.2) is 27.5 Å². The molecular weight excluding hydrogens is 320 g/mol. The van der Waals surface area contributed by atoms with Crippen LogP contribution in [0.25, 0.3) is 0 Å². The number of likely N-dealkylation sites (tertiary alicyclic amines) is 1. The van der Waals surface area contributed by atoms with Crippen LogP contribution in [0.5, 0.6) is 0 Å². The smallest absolute Gasteiger partial charge is 0.140 e. The highest BCUT2D eigenvalue weighted by molar-refractivity contribution is 9.10. The van der Waals surface area contributed by atoms with Crippen LogP contribution in [-0.2, 0) is 6.54 Å². The number of halogens is 1. The first-order chi connectivity index (χ1) is 9.78. The Kier molecular flexibility index (Phi) is 3.15. The van der Waals surface area contributed by atoms with E-state index in [-0.39, 0.29) is 0 Å². The summed E-state index contributed by atoms with van der Waals surface area (Å²) in [6, 6.07) is 2.60. The van der Waals surface area contributed by atoms with Gasteiger partial charge in [-0.3, -0.25) is 9.58 Å². The van der Waals surface area contributed by atoms with Crippen LogP contribution in [0.3, 0.4) is 0 Å². The summed E-state index contributed by atoms with van der Waals surface area (Å²) in [5, 5.41) is 8.58. The van der Waals surface area contributed by atoms with Crippen molar-refractivity contribution in [1.29, 1.82) is 0 Å². The standard InChI is InChI=1S/C14H17BrN4O/c15-11-6-16-19(7-11)13-3-4-18(9-13)8-12-5-14(20-17-12)10-1-2-10/h5-7,10,13H,1-4,8-9H2. The van der Waals surface area contributed by atoms with Crippen molar-refractivity contribution in [3.63, 3.8) is 0 Å². The lowest BCUT2D eigenvalue weighted by molar-refractivity contribution is 0.296. The molecule has 5 nitrogen and oxygen atoms in total. The fraction of sp³-hybridized carbons (Fsp3) is 0.571. The molecule has 0 N–H and O–H groups in total. The number of hydrogen-bond donors (Lipinski definition) is 0. The van der Waals surface area contributed by atoms with Gasteiger partial charge in [-0.25, -0.2) is 0 Å². The topological polar surface area (TPSA) is 47.1 Å². The van der Waals surface area contributed by atoms with Crippen molar-refractivity contribution >= 4 is 15.9 Å². The highest BCUT2D eigenvalue weighted by Gasteiger charge is 2.29. The van der Waals surface area contributed by atoms with Crippen molar-refractivity contribution < 1.29 is 4.52 Å². The minimum absolute atomic E-state index is 0.469. The molecule has 3 heterocycles. The Labute approximate surface area is 126 Å². The molecule has 0 aromatic carbocycles. The molecule has 1 unspecified atom stereocenters. The summed E-state index contributed by atoms with van der Waals surface area (Å²) in [4.78, 5) is 2.43. The fourth-order valence-corrected chi connectivity index (χ4v) is 3.18. The zero-order chi connectivity index (χ0) is 13.5. The molecule has 1 saturated heterocycles. The van der Waals surface area contributed by atoms with Crippen LogP contribution in [0.1, 0.15) is 42.7 Å². The van der Waals surface area contributed by atoms with Gasteiger partial charge < -0.3 is 4.52 Å². The lowest BCUT2D eigenvalue weighted by Gasteiger charge is -2.14. The van der Waals surface area contributed by atoms with Gasteiger partial charge in [0.1, 0.15) is 5.76 Å². The molecule has 2 aromatic rings. The predicted molar refractivity (Wildman–Crippen MR) is 77.3 cm³/mol. The van der Waals surface area contributed by atoms with Crippen molar-refractivity contribution in [3.8, 4) is 0 Å². The normalized spacial score (nSPS) is 23.6. The van der Waals surface area contributed by atoms with Gasteiger partial charge in [0.2, 0.25) is 0 Å². The van der Waals surface area contributed by atoms with Gasteiger partial charge >= 0.3 is 0 Å². The first-order valence-corrected chi connectivity index (χ1v) is 7.95. The molecule has 106 valence electrons. The molecular formula is C14H17BrN4O. The summed E-state index contributed by atoms with van der Waals surface area (Å²) in [6.07, 6.45) is 7.56. The quantitative estimate of drug-likeness (QED) is 0.861. The SMILES string of the molecule is Brc1cnn(C2CCN(Cc3cc(C4CC4)on3)C2)c1. The molecule has 1 atom stereocenters. The van der Waals surface area contributed by atoms with Gasteiger partial charge in [-0.05, 0) is 35.2 Å². The Morgan fingerprint density at radius 2 is 2.25 bits per heavy atom. The molecule has 0 bridgehead atoms. The molecule has 2 aliphatic rings.